The lowest BCUT2D eigenvalue weighted by atomic mass is 9.84. The van der Waals surface area contributed by atoms with Crippen molar-refractivity contribution in [2.75, 3.05) is 0 Å². The molecular weight excluding hydrogens is 435 g/mol. The van der Waals surface area contributed by atoms with Crippen LogP contribution < -0.4 is 16.4 Å². The molecule has 5 rings (SSSR count). The number of carbonyl (C=O) groups is 1. The third-order valence-electron chi connectivity index (χ3n) is 7.84. The average Bonchev–Trinajstić information content (AvgIpc) is 3.47. The van der Waals surface area contributed by atoms with E-state index in [-0.39, 0.29) is 24.3 Å². The van der Waals surface area contributed by atoms with Crippen molar-refractivity contribution in [3.05, 3.63) is 58.3 Å². The van der Waals surface area contributed by atoms with E-state index < -0.39 is 17.6 Å². The molecule has 0 unspecified atom stereocenters. The van der Waals surface area contributed by atoms with Crippen LogP contribution in [0.5, 0.6) is 0 Å². The van der Waals surface area contributed by atoms with Gasteiger partial charge in [-0.3, -0.25) is 9.36 Å². The highest BCUT2D eigenvalue weighted by molar-refractivity contribution is 5.83. The van der Waals surface area contributed by atoms with Crippen LogP contribution in [0.2, 0.25) is 0 Å². The molecule has 34 heavy (non-hydrogen) atoms. The molecule has 0 spiro atoms. The summed E-state index contributed by atoms with van der Waals surface area (Å²) in [5.74, 6) is 0.163. The van der Waals surface area contributed by atoms with E-state index in [4.69, 9.17) is 4.42 Å². The molecule has 0 radical (unpaired) electrons. The lowest BCUT2D eigenvalue weighted by Gasteiger charge is -2.32. The first-order chi connectivity index (χ1) is 16.3. The van der Waals surface area contributed by atoms with E-state index in [1.807, 2.05) is 0 Å². The molecule has 1 aliphatic carbocycles. The lowest BCUT2D eigenvalue weighted by Crippen LogP contribution is -2.54. The van der Waals surface area contributed by atoms with Gasteiger partial charge in [-0.1, -0.05) is 32.0 Å². The molecule has 2 N–H and O–H groups in total. The number of benzene rings is 2. The summed E-state index contributed by atoms with van der Waals surface area (Å²) in [5.41, 5.74) is 2.83. The molecule has 6 atom stereocenters. The van der Waals surface area contributed by atoms with Crippen molar-refractivity contribution in [2.45, 2.75) is 44.8 Å². The van der Waals surface area contributed by atoms with Crippen molar-refractivity contribution >= 4 is 17.0 Å². The third-order valence-corrected chi connectivity index (χ3v) is 7.84. The molecule has 1 aliphatic heterocycles. The van der Waals surface area contributed by atoms with Crippen molar-refractivity contribution in [1.82, 2.24) is 15.2 Å². The first-order valence-corrected chi connectivity index (χ1v) is 11.6. The van der Waals surface area contributed by atoms with E-state index in [0.717, 1.165) is 12.0 Å². The molecule has 2 fully saturated rings. The van der Waals surface area contributed by atoms with Crippen LogP contribution in [0.25, 0.3) is 22.2 Å². The number of halogens is 1. The Morgan fingerprint density at radius 1 is 1.26 bits per heavy atom. The zero-order valence-electron chi connectivity index (χ0n) is 19.3. The Kier molecular flexibility index (Phi) is 5.53. The van der Waals surface area contributed by atoms with Gasteiger partial charge in [0.15, 0.2) is 5.58 Å². The molecule has 176 valence electrons. The Morgan fingerprint density at radius 2 is 2.00 bits per heavy atom. The Balaban J connectivity index is 1.30. The van der Waals surface area contributed by atoms with Crippen LogP contribution in [0, 0.1) is 34.9 Å². The number of aryl methyl sites for hydroxylation is 1. The predicted molar refractivity (Wildman–Crippen MR) is 125 cm³/mol. The molecule has 2 aromatic carbocycles. The van der Waals surface area contributed by atoms with Gasteiger partial charge in [0, 0.05) is 19.5 Å². The summed E-state index contributed by atoms with van der Waals surface area (Å²) in [6.07, 6.45) is 1.06. The Labute approximate surface area is 196 Å². The number of amides is 1. The standard InChI is InChI=1S/C26H27FN4O3/c1-13-14(2)21-11-19(13)24(30-21)25(32)29-18(12-28)8-17-5-4-15(9-20(17)27)16-6-7-23-22(10-16)31(3)26(33)34-23/h4-7,9-10,13-14,18-19,21,24,30H,8,11H2,1-3H3,(H,29,32)/t13-,14+,18+,19-,21+,24+/m1/s1. The van der Waals surface area contributed by atoms with Crippen LogP contribution in [0.4, 0.5) is 4.39 Å². The maximum atomic E-state index is 15.0. The number of nitriles is 1. The summed E-state index contributed by atoms with van der Waals surface area (Å²) < 4.78 is 21.5. The molecule has 2 aliphatic rings. The van der Waals surface area contributed by atoms with Crippen LogP contribution in [-0.4, -0.2) is 28.6 Å². The van der Waals surface area contributed by atoms with Gasteiger partial charge in [-0.2, -0.15) is 5.26 Å². The highest BCUT2D eigenvalue weighted by atomic mass is 19.1. The Morgan fingerprint density at radius 3 is 2.68 bits per heavy atom. The lowest BCUT2D eigenvalue weighted by molar-refractivity contribution is -0.125. The van der Waals surface area contributed by atoms with E-state index in [9.17, 15) is 19.2 Å². The van der Waals surface area contributed by atoms with Gasteiger partial charge >= 0.3 is 5.76 Å². The van der Waals surface area contributed by atoms with Gasteiger partial charge < -0.3 is 15.1 Å². The second kappa shape index (κ2) is 8.41. The first-order valence-electron chi connectivity index (χ1n) is 11.6. The number of piperidine rings is 1. The Hall–Kier alpha value is -3.44. The largest absolute Gasteiger partial charge is 0.419 e. The number of hydrogen-bond acceptors (Lipinski definition) is 5. The second-order valence-electron chi connectivity index (χ2n) is 9.68. The van der Waals surface area contributed by atoms with Crippen LogP contribution in [0.3, 0.4) is 0 Å². The van der Waals surface area contributed by atoms with E-state index >= 15 is 0 Å². The number of aromatic nitrogens is 1. The van der Waals surface area contributed by atoms with Crippen molar-refractivity contribution in [3.63, 3.8) is 0 Å². The average molecular weight is 463 g/mol. The monoisotopic (exact) mass is 462 g/mol. The van der Waals surface area contributed by atoms with Crippen LogP contribution >= 0.6 is 0 Å². The summed E-state index contributed by atoms with van der Waals surface area (Å²) in [7, 11) is 1.62. The van der Waals surface area contributed by atoms with Gasteiger partial charge in [0.05, 0.1) is 17.6 Å². The number of hydrogen-bond donors (Lipinski definition) is 2. The molecule has 1 aromatic heterocycles. The minimum absolute atomic E-state index is 0.0798. The molecule has 8 heteroatoms. The normalized spacial score (nSPS) is 26.5. The minimum Gasteiger partial charge on any atom is -0.408 e. The number of carbonyl (C=O) groups excluding carboxylic acids is 1. The van der Waals surface area contributed by atoms with Crippen LogP contribution in [0.1, 0.15) is 25.8 Å². The quantitative estimate of drug-likeness (QED) is 0.607. The van der Waals surface area contributed by atoms with E-state index in [0.29, 0.717) is 40.1 Å². The van der Waals surface area contributed by atoms with E-state index in [1.54, 1.807) is 37.4 Å². The predicted octanol–water partition coefficient (Wildman–Crippen LogP) is 3.12. The maximum absolute atomic E-state index is 15.0. The molecule has 7 nitrogen and oxygen atoms in total. The summed E-state index contributed by atoms with van der Waals surface area (Å²) >= 11 is 0. The molecule has 2 bridgehead atoms. The van der Waals surface area contributed by atoms with Gasteiger partial charge in [-0.25, -0.2) is 9.18 Å². The van der Waals surface area contributed by atoms with Gasteiger partial charge in [0.1, 0.15) is 11.9 Å². The van der Waals surface area contributed by atoms with Gasteiger partial charge in [0.25, 0.3) is 0 Å². The summed E-state index contributed by atoms with van der Waals surface area (Å²) in [5, 5.41) is 15.8. The molecule has 1 amide bonds. The third kappa shape index (κ3) is 3.70. The molecule has 2 heterocycles. The maximum Gasteiger partial charge on any atom is 0.419 e. The number of nitrogens with zero attached hydrogens (tertiary/aromatic N) is 2. The van der Waals surface area contributed by atoms with E-state index in [2.05, 4.69) is 30.6 Å². The smallest absolute Gasteiger partial charge is 0.408 e. The minimum atomic E-state index is -0.821. The number of oxazole rings is 1. The van der Waals surface area contributed by atoms with Crippen molar-refractivity contribution in [2.24, 2.45) is 24.8 Å². The summed E-state index contributed by atoms with van der Waals surface area (Å²) in [4.78, 5) is 24.6. The second-order valence-corrected chi connectivity index (χ2v) is 9.68. The van der Waals surface area contributed by atoms with Gasteiger partial charge in [0.2, 0.25) is 5.91 Å². The highest BCUT2D eigenvalue weighted by Gasteiger charge is 2.51. The first kappa shape index (κ1) is 22.4. The van der Waals surface area contributed by atoms with Gasteiger partial charge in [-0.15, -0.1) is 0 Å². The number of rotatable bonds is 5. The molecule has 1 saturated heterocycles. The summed E-state index contributed by atoms with van der Waals surface area (Å²) in [6.45, 7) is 4.38. The van der Waals surface area contributed by atoms with Crippen LogP contribution in [0.15, 0.2) is 45.6 Å². The highest BCUT2D eigenvalue weighted by Crippen LogP contribution is 2.44. The SMILES string of the molecule is C[C@@H]1[C@H](C)[C@@H]2C[C@H]1[C@@H](C(=O)N[C@H](C#N)Cc1ccc(-c3ccc4oc(=O)n(C)c4c3)cc1F)N2. The van der Waals surface area contributed by atoms with E-state index in [1.165, 1.54) is 10.6 Å². The fourth-order valence-corrected chi connectivity index (χ4v) is 5.57. The number of fused-ring (bicyclic) bond motifs is 3. The topological polar surface area (TPSA) is 100 Å². The summed E-state index contributed by atoms with van der Waals surface area (Å²) in [6, 6.07) is 11.4. The zero-order chi connectivity index (χ0) is 24.1. The van der Waals surface area contributed by atoms with Crippen molar-refractivity contribution in [1.29, 1.82) is 5.26 Å². The Bertz CT molecular complexity index is 1370. The van der Waals surface area contributed by atoms with Gasteiger partial charge in [-0.05, 0) is 59.1 Å². The fourth-order valence-electron chi connectivity index (χ4n) is 5.57. The van der Waals surface area contributed by atoms with Crippen molar-refractivity contribution in [3.8, 4) is 17.2 Å². The molecule has 3 aromatic rings. The molecular formula is C26H27FN4O3. The number of nitrogens with one attached hydrogen (secondary N) is 2. The fraction of sp³-hybridized carbons (Fsp3) is 0.423. The zero-order valence-corrected chi connectivity index (χ0v) is 19.3. The van der Waals surface area contributed by atoms with Crippen LogP contribution in [-0.2, 0) is 18.3 Å². The van der Waals surface area contributed by atoms with Crippen molar-refractivity contribution < 1.29 is 13.6 Å². The molecule has 1 saturated carbocycles.